The van der Waals surface area contributed by atoms with E-state index in [0.717, 1.165) is 5.56 Å². The Hall–Kier alpha value is -2.97. The van der Waals surface area contributed by atoms with Crippen molar-refractivity contribution < 1.29 is 31.5 Å². The standard InChI is InChI=1S/C19H17F5N2O2/c1-19(2,3)10-4-6-11(7-5-10)28-9-13(27)26-25-8-12-14(20)16(22)18(24)17(23)15(12)21/h4-8H,9H2,1-3H3,(H,26,27). The molecule has 2 rings (SSSR count). The van der Waals surface area contributed by atoms with Crippen molar-refractivity contribution in [2.45, 2.75) is 26.2 Å². The molecule has 150 valence electrons. The monoisotopic (exact) mass is 400 g/mol. The van der Waals surface area contributed by atoms with Crippen molar-refractivity contribution in [1.29, 1.82) is 0 Å². The third-order valence-corrected chi connectivity index (χ3v) is 3.72. The van der Waals surface area contributed by atoms with Crippen LogP contribution in [0.25, 0.3) is 0 Å². The molecule has 0 aliphatic rings. The third kappa shape index (κ3) is 4.85. The van der Waals surface area contributed by atoms with Gasteiger partial charge in [-0.2, -0.15) is 5.10 Å². The van der Waals surface area contributed by atoms with Gasteiger partial charge in [-0.3, -0.25) is 4.79 Å². The molecule has 4 nitrogen and oxygen atoms in total. The van der Waals surface area contributed by atoms with Crippen LogP contribution >= 0.6 is 0 Å². The minimum Gasteiger partial charge on any atom is -0.484 e. The molecule has 1 amide bonds. The maximum Gasteiger partial charge on any atom is 0.277 e. The topological polar surface area (TPSA) is 50.7 Å². The van der Waals surface area contributed by atoms with Gasteiger partial charge in [0.1, 0.15) is 5.75 Å². The van der Waals surface area contributed by atoms with Gasteiger partial charge < -0.3 is 4.74 Å². The molecule has 0 radical (unpaired) electrons. The van der Waals surface area contributed by atoms with Crippen LogP contribution in [0, 0.1) is 29.1 Å². The number of hydrogen-bond acceptors (Lipinski definition) is 3. The average molecular weight is 400 g/mol. The normalized spacial score (nSPS) is 11.7. The summed E-state index contributed by atoms with van der Waals surface area (Å²) < 4.78 is 71.2. The first-order valence-corrected chi connectivity index (χ1v) is 8.09. The summed E-state index contributed by atoms with van der Waals surface area (Å²) in [6.07, 6.45) is 0.326. The first-order valence-electron chi connectivity index (χ1n) is 8.09. The van der Waals surface area contributed by atoms with Crippen LogP contribution in [0.1, 0.15) is 31.9 Å². The Kier molecular flexibility index (Phi) is 6.37. The van der Waals surface area contributed by atoms with Gasteiger partial charge >= 0.3 is 0 Å². The highest BCUT2D eigenvalue weighted by Crippen LogP contribution is 2.24. The SMILES string of the molecule is CC(C)(C)c1ccc(OCC(=O)NN=Cc2c(F)c(F)c(F)c(F)c2F)cc1. The van der Waals surface area contributed by atoms with E-state index in [1.165, 1.54) is 0 Å². The second-order valence-electron chi connectivity index (χ2n) is 6.84. The lowest BCUT2D eigenvalue weighted by Gasteiger charge is -2.19. The van der Waals surface area contributed by atoms with E-state index in [0.29, 0.717) is 12.0 Å². The number of benzene rings is 2. The van der Waals surface area contributed by atoms with Gasteiger partial charge in [-0.15, -0.1) is 0 Å². The quantitative estimate of drug-likeness (QED) is 0.269. The molecule has 0 atom stereocenters. The number of halogens is 5. The number of rotatable bonds is 5. The fraction of sp³-hybridized carbons (Fsp3) is 0.263. The molecule has 28 heavy (non-hydrogen) atoms. The molecule has 0 spiro atoms. The van der Waals surface area contributed by atoms with Crippen LogP contribution in [0.2, 0.25) is 0 Å². The van der Waals surface area contributed by atoms with Crippen molar-refractivity contribution in [3.8, 4) is 5.75 Å². The molecule has 0 saturated heterocycles. The molecular formula is C19H17F5N2O2. The minimum atomic E-state index is -2.28. The Labute approximate surface area is 158 Å². The fourth-order valence-corrected chi connectivity index (χ4v) is 2.14. The van der Waals surface area contributed by atoms with Gasteiger partial charge in [-0.1, -0.05) is 32.9 Å². The summed E-state index contributed by atoms with van der Waals surface area (Å²) in [5.41, 5.74) is 1.63. The van der Waals surface area contributed by atoms with E-state index in [2.05, 4.69) is 5.10 Å². The Morgan fingerprint density at radius 2 is 1.46 bits per heavy atom. The number of carbonyl (C=O) groups is 1. The second kappa shape index (κ2) is 8.37. The lowest BCUT2D eigenvalue weighted by molar-refractivity contribution is -0.123. The zero-order valence-corrected chi connectivity index (χ0v) is 15.2. The molecule has 9 heteroatoms. The average Bonchev–Trinajstić information content (AvgIpc) is 2.65. The van der Waals surface area contributed by atoms with E-state index in [9.17, 15) is 26.7 Å². The molecule has 0 heterocycles. The summed E-state index contributed by atoms with van der Waals surface area (Å²) in [4.78, 5) is 11.6. The van der Waals surface area contributed by atoms with Crippen LogP contribution in [0.3, 0.4) is 0 Å². The van der Waals surface area contributed by atoms with Crippen LogP contribution in [0.4, 0.5) is 22.0 Å². The Balaban J connectivity index is 1.96. The Morgan fingerprint density at radius 1 is 0.964 bits per heavy atom. The lowest BCUT2D eigenvalue weighted by Crippen LogP contribution is -2.24. The van der Waals surface area contributed by atoms with Crippen molar-refractivity contribution in [2.75, 3.05) is 6.61 Å². The maximum absolute atomic E-state index is 13.5. The van der Waals surface area contributed by atoms with E-state index in [4.69, 9.17) is 4.74 Å². The molecule has 0 aliphatic heterocycles. The zero-order chi connectivity index (χ0) is 21.1. The third-order valence-electron chi connectivity index (χ3n) is 3.72. The lowest BCUT2D eigenvalue weighted by atomic mass is 9.87. The minimum absolute atomic E-state index is 0.0472. The summed E-state index contributed by atoms with van der Waals surface area (Å²) in [6, 6.07) is 7.03. The van der Waals surface area contributed by atoms with Gasteiger partial charge in [0.2, 0.25) is 5.82 Å². The predicted molar refractivity (Wildman–Crippen MR) is 92.6 cm³/mol. The predicted octanol–water partition coefficient (Wildman–Crippen LogP) is 4.21. The van der Waals surface area contributed by atoms with Crippen molar-refractivity contribution in [3.63, 3.8) is 0 Å². The highest BCUT2D eigenvalue weighted by Gasteiger charge is 2.24. The first-order chi connectivity index (χ1) is 13.0. The van der Waals surface area contributed by atoms with E-state index in [1.54, 1.807) is 12.1 Å². The number of nitrogens with one attached hydrogen (secondary N) is 1. The van der Waals surface area contributed by atoms with Crippen LogP contribution in [0.5, 0.6) is 5.75 Å². The maximum atomic E-state index is 13.5. The molecule has 0 aliphatic carbocycles. The summed E-state index contributed by atoms with van der Waals surface area (Å²) in [5, 5.41) is 3.19. The zero-order valence-electron chi connectivity index (χ0n) is 15.2. The van der Waals surface area contributed by atoms with E-state index >= 15 is 0 Å². The Bertz CT molecular complexity index is 877. The van der Waals surface area contributed by atoms with Crippen LogP contribution < -0.4 is 10.2 Å². The van der Waals surface area contributed by atoms with E-state index < -0.39 is 47.2 Å². The molecule has 2 aromatic carbocycles. The summed E-state index contributed by atoms with van der Waals surface area (Å²) >= 11 is 0. The van der Waals surface area contributed by atoms with Crippen molar-refractivity contribution in [3.05, 3.63) is 64.5 Å². The number of ether oxygens (including phenoxy) is 1. The van der Waals surface area contributed by atoms with Gasteiger partial charge in [0.05, 0.1) is 11.8 Å². The Morgan fingerprint density at radius 3 is 1.96 bits per heavy atom. The molecule has 0 unspecified atom stereocenters. The summed E-state index contributed by atoms with van der Waals surface area (Å²) in [5.74, 6) is -11.0. The number of hydrazone groups is 1. The molecular weight excluding hydrogens is 383 g/mol. The highest BCUT2D eigenvalue weighted by atomic mass is 19.2. The number of amides is 1. The van der Waals surface area contributed by atoms with Crippen LogP contribution in [-0.2, 0) is 10.2 Å². The van der Waals surface area contributed by atoms with Crippen LogP contribution in [0.15, 0.2) is 29.4 Å². The molecule has 1 N–H and O–H groups in total. The first kappa shape index (κ1) is 21.3. The molecule has 0 aromatic heterocycles. The van der Waals surface area contributed by atoms with Gasteiger partial charge in [0.15, 0.2) is 29.9 Å². The highest BCUT2D eigenvalue weighted by molar-refractivity contribution is 5.83. The van der Waals surface area contributed by atoms with Crippen molar-refractivity contribution in [1.82, 2.24) is 5.43 Å². The molecule has 2 aromatic rings. The van der Waals surface area contributed by atoms with Gasteiger partial charge in [-0.25, -0.2) is 27.4 Å². The van der Waals surface area contributed by atoms with Crippen molar-refractivity contribution in [2.24, 2.45) is 5.10 Å². The van der Waals surface area contributed by atoms with E-state index in [-0.39, 0.29) is 5.41 Å². The number of hydrogen-bond donors (Lipinski definition) is 1. The largest absolute Gasteiger partial charge is 0.484 e. The number of carbonyl (C=O) groups excluding carboxylic acids is 1. The van der Waals surface area contributed by atoms with Gasteiger partial charge in [0.25, 0.3) is 5.91 Å². The molecule has 0 saturated carbocycles. The second-order valence-corrected chi connectivity index (χ2v) is 6.84. The van der Waals surface area contributed by atoms with Crippen molar-refractivity contribution >= 4 is 12.1 Å². The summed E-state index contributed by atoms with van der Waals surface area (Å²) in [7, 11) is 0. The van der Waals surface area contributed by atoms with Gasteiger partial charge in [-0.05, 0) is 23.1 Å². The van der Waals surface area contributed by atoms with E-state index in [1.807, 2.05) is 38.3 Å². The van der Waals surface area contributed by atoms with Gasteiger partial charge in [0, 0.05) is 0 Å². The number of nitrogens with zero attached hydrogens (tertiary/aromatic N) is 1. The molecule has 0 fully saturated rings. The molecule has 0 bridgehead atoms. The summed E-state index contributed by atoms with van der Waals surface area (Å²) in [6.45, 7) is 5.65. The van der Waals surface area contributed by atoms with Crippen LogP contribution in [-0.4, -0.2) is 18.7 Å². The fourth-order valence-electron chi connectivity index (χ4n) is 2.14. The smallest absolute Gasteiger partial charge is 0.277 e.